The van der Waals surface area contributed by atoms with Crippen LogP contribution >= 0.6 is 0 Å². The van der Waals surface area contributed by atoms with Gasteiger partial charge in [-0.1, -0.05) is 18.6 Å². The number of carboxylic acid groups (broad SMARTS) is 1. The third-order valence-corrected chi connectivity index (χ3v) is 7.92. The Kier molecular flexibility index (Phi) is 12.2. The molecule has 0 saturated carbocycles. The summed E-state index contributed by atoms with van der Waals surface area (Å²) in [7, 11) is -3.45. The quantitative estimate of drug-likeness (QED) is 0.450. The Bertz CT molecular complexity index is 982. The van der Waals surface area contributed by atoms with Gasteiger partial charge in [0.25, 0.3) is 5.91 Å². The Balaban J connectivity index is 0.000000604. The molecule has 2 saturated heterocycles. The lowest BCUT2D eigenvalue weighted by atomic mass is 10.1. The topological polar surface area (TPSA) is 110 Å². The molecule has 2 N–H and O–H groups in total. The number of carbonyl (C=O) groups is 2. The number of hydrogen-bond donors (Lipinski definition) is 2. The molecule has 0 aromatic heterocycles. The lowest BCUT2D eigenvalue weighted by molar-refractivity contribution is -0.192. The fourth-order valence-electron chi connectivity index (χ4n) is 4.07. The van der Waals surface area contributed by atoms with Crippen LogP contribution in [-0.4, -0.2) is 110 Å². The first-order chi connectivity index (χ1) is 17.4. The fraction of sp³-hybridized carbons (Fsp3) is 0.652. The number of halogens is 4. The third-order valence-electron chi connectivity index (χ3n) is 6.07. The first-order valence-electron chi connectivity index (χ1n) is 12.2. The summed E-state index contributed by atoms with van der Waals surface area (Å²) in [6, 6.07) is 5.89. The van der Waals surface area contributed by atoms with Gasteiger partial charge < -0.3 is 20.2 Å². The zero-order valence-corrected chi connectivity index (χ0v) is 21.4. The Labute approximate surface area is 214 Å². The maximum Gasteiger partial charge on any atom is 0.490 e. The summed E-state index contributed by atoms with van der Waals surface area (Å²) in [5.74, 6) is -3.92. The van der Waals surface area contributed by atoms with Gasteiger partial charge in [-0.3, -0.25) is 4.79 Å². The van der Waals surface area contributed by atoms with E-state index in [0.717, 1.165) is 26.1 Å². The van der Waals surface area contributed by atoms with Gasteiger partial charge in [-0.2, -0.15) is 17.5 Å². The summed E-state index contributed by atoms with van der Waals surface area (Å²) in [6.07, 6.45) is -0.687. The second-order valence-electron chi connectivity index (χ2n) is 8.80. The minimum atomic E-state index is -5.08. The monoisotopic (exact) mass is 554 g/mol. The average Bonchev–Trinajstić information content (AvgIpc) is 2.87. The molecule has 37 heavy (non-hydrogen) atoms. The van der Waals surface area contributed by atoms with Gasteiger partial charge in [0, 0.05) is 39.3 Å². The van der Waals surface area contributed by atoms with Crippen molar-refractivity contribution >= 4 is 21.9 Å². The molecule has 1 amide bonds. The maximum atomic E-state index is 14.2. The summed E-state index contributed by atoms with van der Waals surface area (Å²) in [5.41, 5.74) is -0.00459. The Morgan fingerprint density at radius 2 is 1.59 bits per heavy atom. The van der Waals surface area contributed by atoms with Gasteiger partial charge in [-0.25, -0.2) is 17.6 Å². The second kappa shape index (κ2) is 14.6. The summed E-state index contributed by atoms with van der Waals surface area (Å²) in [4.78, 5) is 25.8. The van der Waals surface area contributed by atoms with Crippen LogP contribution in [0.2, 0.25) is 0 Å². The molecule has 0 radical (unpaired) electrons. The number of piperidine rings is 1. The molecular formula is C23H34F4N4O5S. The smallest absolute Gasteiger partial charge is 0.475 e. The molecule has 1 aromatic rings. The van der Waals surface area contributed by atoms with Crippen LogP contribution in [0.1, 0.15) is 36.0 Å². The van der Waals surface area contributed by atoms with Gasteiger partial charge in [-0.05, 0) is 51.0 Å². The molecule has 0 spiro atoms. The first kappa shape index (κ1) is 30.9. The van der Waals surface area contributed by atoms with E-state index in [2.05, 4.69) is 10.2 Å². The van der Waals surface area contributed by atoms with Crippen LogP contribution in [0.3, 0.4) is 0 Å². The highest BCUT2D eigenvalue weighted by atomic mass is 32.2. The van der Waals surface area contributed by atoms with E-state index in [4.69, 9.17) is 9.90 Å². The van der Waals surface area contributed by atoms with E-state index < -0.39 is 33.9 Å². The van der Waals surface area contributed by atoms with Gasteiger partial charge in [0.1, 0.15) is 5.82 Å². The number of nitrogens with one attached hydrogen (secondary N) is 1. The van der Waals surface area contributed by atoms with Crippen molar-refractivity contribution < 1.29 is 40.7 Å². The van der Waals surface area contributed by atoms with E-state index in [1.165, 1.54) is 40.6 Å². The van der Waals surface area contributed by atoms with Crippen LogP contribution in [-0.2, 0) is 14.8 Å². The van der Waals surface area contributed by atoms with Crippen molar-refractivity contribution in [2.45, 2.75) is 31.9 Å². The number of sulfonamides is 1. The molecule has 0 bridgehead atoms. The molecule has 210 valence electrons. The molecule has 0 unspecified atom stereocenters. The predicted octanol–water partition coefficient (Wildman–Crippen LogP) is 2.01. The average molecular weight is 555 g/mol. The molecule has 2 fully saturated rings. The molecule has 2 aliphatic rings. The zero-order chi connectivity index (χ0) is 27.5. The van der Waals surface area contributed by atoms with Gasteiger partial charge in [0.15, 0.2) is 0 Å². The van der Waals surface area contributed by atoms with Crippen molar-refractivity contribution in [2.24, 2.45) is 0 Å². The molecule has 0 atom stereocenters. The zero-order valence-electron chi connectivity index (χ0n) is 20.6. The summed E-state index contributed by atoms with van der Waals surface area (Å²) in [6.45, 7) is 5.64. The second-order valence-corrected chi connectivity index (χ2v) is 10.9. The van der Waals surface area contributed by atoms with Gasteiger partial charge in [0.2, 0.25) is 10.0 Å². The number of benzene rings is 1. The fourth-order valence-corrected chi connectivity index (χ4v) is 5.51. The van der Waals surface area contributed by atoms with E-state index in [1.54, 1.807) is 12.1 Å². The van der Waals surface area contributed by atoms with Crippen LogP contribution in [0.4, 0.5) is 17.6 Å². The summed E-state index contributed by atoms with van der Waals surface area (Å²) in [5, 5.41) is 10.3. The molecule has 0 aliphatic carbocycles. The number of carboxylic acids is 1. The predicted molar refractivity (Wildman–Crippen MR) is 129 cm³/mol. The maximum absolute atomic E-state index is 14.2. The van der Waals surface area contributed by atoms with Crippen molar-refractivity contribution in [1.82, 2.24) is 19.4 Å². The molecular weight excluding hydrogens is 520 g/mol. The van der Waals surface area contributed by atoms with Crippen molar-refractivity contribution in [1.29, 1.82) is 0 Å². The van der Waals surface area contributed by atoms with Crippen molar-refractivity contribution in [3.8, 4) is 0 Å². The summed E-state index contributed by atoms with van der Waals surface area (Å²) < 4.78 is 72.8. The number of amides is 1. The van der Waals surface area contributed by atoms with Crippen molar-refractivity contribution in [3.63, 3.8) is 0 Å². The highest BCUT2D eigenvalue weighted by Gasteiger charge is 2.38. The number of alkyl halides is 3. The SMILES string of the molecule is O=C(O)C(F)(F)F.O=C(c1ccccc1F)N(CCCN1CCCCC1)CCS(=O)(=O)N1CCNCC1. The third kappa shape index (κ3) is 10.5. The van der Waals surface area contributed by atoms with E-state index >= 15 is 0 Å². The molecule has 1 aromatic carbocycles. The van der Waals surface area contributed by atoms with Crippen LogP contribution in [0.15, 0.2) is 24.3 Å². The first-order valence-corrected chi connectivity index (χ1v) is 13.8. The molecule has 3 rings (SSSR count). The van der Waals surface area contributed by atoms with Gasteiger partial charge >= 0.3 is 12.1 Å². The van der Waals surface area contributed by atoms with Gasteiger partial charge in [0.05, 0.1) is 11.3 Å². The number of rotatable bonds is 9. The molecule has 14 heteroatoms. The number of aliphatic carboxylic acids is 1. The van der Waals surface area contributed by atoms with Crippen LogP contribution < -0.4 is 5.32 Å². The number of hydrogen-bond acceptors (Lipinski definition) is 6. The van der Waals surface area contributed by atoms with E-state index in [0.29, 0.717) is 32.7 Å². The highest BCUT2D eigenvalue weighted by Crippen LogP contribution is 2.14. The lowest BCUT2D eigenvalue weighted by Gasteiger charge is -2.30. The lowest BCUT2D eigenvalue weighted by Crippen LogP contribution is -2.48. The number of carbonyl (C=O) groups excluding carboxylic acids is 1. The summed E-state index contributed by atoms with van der Waals surface area (Å²) >= 11 is 0. The van der Waals surface area contributed by atoms with Crippen molar-refractivity contribution in [3.05, 3.63) is 35.6 Å². The van der Waals surface area contributed by atoms with E-state index in [-0.39, 0.29) is 17.9 Å². The van der Waals surface area contributed by atoms with Crippen LogP contribution in [0.5, 0.6) is 0 Å². The van der Waals surface area contributed by atoms with Crippen LogP contribution in [0.25, 0.3) is 0 Å². The Morgan fingerprint density at radius 3 is 2.16 bits per heavy atom. The van der Waals surface area contributed by atoms with Crippen molar-refractivity contribution in [2.75, 3.05) is 64.7 Å². The largest absolute Gasteiger partial charge is 0.490 e. The molecule has 9 nitrogen and oxygen atoms in total. The Hall–Kier alpha value is -2.29. The minimum Gasteiger partial charge on any atom is -0.475 e. The molecule has 2 aliphatic heterocycles. The Morgan fingerprint density at radius 1 is 1.00 bits per heavy atom. The number of nitrogens with zero attached hydrogens (tertiary/aromatic N) is 3. The van der Waals surface area contributed by atoms with Gasteiger partial charge in [-0.15, -0.1) is 0 Å². The standard InChI is InChI=1S/C21H33FN4O3S.C2HF3O2/c22-20-8-3-2-7-19(20)21(27)25(14-6-13-24-11-4-1-5-12-24)17-18-30(28,29)26-15-9-23-10-16-26;3-2(4,5)1(6)7/h2-3,7-8,23H,1,4-6,9-18H2;(H,6,7). The van der Waals surface area contributed by atoms with E-state index in [9.17, 15) is 30.8 Å². The molecule has 2 heterocycles. The highest BCUT2D eigenvalue weighted by molar-refractivity contribution is 7.89. The van der Waals surface area contributed by atoms with E-state index in [1.807, 2.05) is 0 Å². The normalized spacial score (nSPS) is 17.5. The number of piperazine rings is 1. The van der Waals surface area contributed by atoms with Crippen LogP contribution in [0, 0.1) is 5.82 Å². The minimum absolute atomic E-state index is 0.00459. The number of likely N-dealkylation sites (tertiary alicyclic amines) is 1.